The number of aliphatic hydroxyl groups is 1. The Morgan fingerprint density at radius 2 is 2.00 bits per heavy atom. The second-order valence-corrected chi connectivity index (χ2v) is 4.52. The second-order valence-electron chi connectivity index (χ2n) is 4.52. The first-order chi connectivity index (χ1) is 9.04. The van der Waals surface area contributed by atoms with Crippen LogP contribution in [0.1, 0.15) is 28.2 Å². The van der Waals surface area contributed by atoms with E-state index in [0.29, 0.717) is 23.4 Å². The number of pyridine rings is 1. The van der Waals surface area contributed by atoms with Crippen LogP contribution in [0.5, 0.6) is 5.75 Å². The van der Waals surface area contributed by atoms with E-state index in [1.807, 2.05) is 13.8 Å². The quantitative estimate of drug-likeness (QED) is 0.670. The Morgan fingerprint density at radius 1 is 1.26 bits per heavy atom. The maximum absolute atomic E-state index is 10.0. The van der Waals surface area contributed by atoms with Crippen molar-refractivity contribution < 1.29 is 10.2 Å². The highest BCUT2D eigenvalue weighted by Crippen LogP contribution is 2.26. The van der Waals surface area contributed by atoms with Gasteiger partial charge in [0.2, 0.25) is 0 Å². The first-order valence-electron chi connectivity index (χ1n) is 6.07. The molecule has 0 aliphatic rings. The van der Waals surface area contributed by atoms with E-state index in [4.69, 9.17) is 0 Å². The molecule has 0 atom stereocenters. The van der Waals surface area contributed by atoms with Crippen molar-refractivity contribution in [2.75, 3.05) is 5.32 Å². The predicted molar refractivity (Wildman–Crippen MR) is 72.0 cm³/mol. The number of aliphatic hydroxyl groups excluding tert-OH is 1. The van der Waals surface area contributed by atoms with Crippen LogP contribution >= 0.6 is 0 Å². The summed E-state index contributed by atoms with van der Waals surface area (Å²) in [5.74, 6) is 0.123. The Hall–Kier alpha value is -2.08. The molecule has 0 saturated carbocycles. The maximum atomic E-state index is 10.0. The minimum absolute atomic E-state index is 0.123. The molecule has 0 amide bonds. The van der Waals surface area contributed by atoms with Gasteiger partial charge in [0.05, 0.1) is 29.4 Å². The van der Waals surface area contributed by atoms with Gasteiger partial charge in [0.25, 0.3) is 0 Å². The summed E-state index contributed by atoms with van der Waals surface area (Å²) in [5, 5.41) is 29.6. The standard InChI is InChI=1S/C13H18N4O2/c1-7-12(8(2)17-16-7)15-5-11-10(6-18)4-14-9(3)13(11)19/h4,15,18-19H,5-6H2,1-3H3,(H,16,17). The molecule has 4 N–H and O–H groups in total. The van der Waals surface area contributed by atoms with Gasteiger partial charge in [-0.05, 0) is 20.8 Å². The van der Waals surface area contributed by atoms with Crippen molar-refractivity contribution >= 4 is 5.69 Å². The number of aromatic amines is 1. The lowest BCUT2D eigenvalue weighted by molar-refractivity contribution is 0.279. The van der Waals surface area contributed by atoms with Crippen molar-refractivity contribution in [3.05, 3.63) is 34.4 Å². The third-order valence-electron chi connectivity index (χ3n) is 3.17. The first-order valence-corrected chi connectivity index (χ1v) is 6.07. The number of H-pyrrole nitrogens is 1. The molecule has 0 bridgehead atoms. The van der Waals surface area contributed by atoms with Gasteiger partial charge in [0.1, 0.15) is 5.75 Å². The molecule has 6 heteroatoms. The molecule has 0 saturated heterocycles. The highest BCUT2D eigenvalue weighted by atomic mass is 16.3. The van der Waals surface area contributed by atoms with E-state index in [2.05, 4.69) is 20.5 Å². The Balaban J connectivity index is 2.27. The number of nitrogens with zero attached hydrogens (tertiary/aromatic N) is 2. The Bertz CT molecular complexity index is 573. The highest BCUT2D eigenvalue weighted by Gasteiger charge is 2.13. The molecule has 6 nitrogen and oxygen atoms in total. The van der Waals surface area contributed by atoms with Crippen molar-refractivity contribution in [3.63, 3.8) is 0 Å². The van der Waals surface area contributed by atoms with Gasteiger partial charge >= 0.3 is 0 Å². The largest absolute Gasteiger partial charge is 0.506 e. The van der Waals surface area contributed by atoms with Crippen LogP contribution in [0.15, 0.2) is 6.20 Å². The van der Waals surface area contributed by atoms with Gasteiger partial charge in [-0.3, -0.25) is 10.1 Å². The fourth-order valence-electron chi connectivity index (χ4n) is 2.01. The van der Waals surface area contributed by atoms with Crippen LogP contribution in [-0.4, -0.2) is 25.4 Å². The number of hydrogen-bond acceptors (Lipinski definition) is 5. The van der Waals surface area contributed by atoms with Crippen LogP contribution in [0.25, 0.3) is 0 Å². The molecule has 102 valence electrons. The third-order valence-corrected chi connectivity index (χ3v) is 3.17. The third kappa shape index (κ3) is 2.53. The van der Waals surface area contributed by atoms with Crippen molar-refractivity contribution in [1.82, 2.24) is 15.2 Å². The summed E-state index contributed by atoms with van der Waals surface area (Å²) >= 11 is 0. The summed E-state index contributed by atoms with van der Waals surface area (Å²) in [4.78, 5) is 4.03. The normalized spacial score (nSPS) is 10.7. The van der Waals surface area contributed by atoms with Crippen LogP contribution in [0.2, 0.25) is 0 Å². The molecule has 2 heterocycles. The molecule has 0 spiro atoms. The zero-order valence-corrected chi connectivity index (χ0v) is 11.3. The SMILES string of the molecule is Cc1ncc(CO)c(CNc2c(C)n[nH]c2C)c1O. The molecular formula is C13H18N4O2. The lowest BCUT2D eigenvalue weighted by Gasteiger charge is -2.13. The minimum Gasteiger partial charge on any atom is -0.506 e. The summed E-state index contributed by atoms with van der Waals surface area (Å²) in [6.45, 7) is 5.81. The molecule has 0 aromatic carbocycles. The number of nitrogens with one attached hydrogen (secondary N) is 2. The molecule has 19 heavy (non-hydrogen) atoms. The highest BCUT2D eigenvalue weighted by molar-refractivity contribution is 5.53. The molecule has 0 radical (unpaired) electrons. The van der Waals surface area contributed by atoms with Gasteiger partial charge in [-0.2, -0.15) is 5.10 Å². The van der Waals surface area contributed by atoms with E-state index in [9.17, 15) is 10.2 Å². The van der Waals surface area contributed by atoms with Crippen molar-refractivity contribution in [1.29, 1.82) is 0 Å². The molecule has 2 aromatic heterocycles. The number of aromatic hydroxyl groups is 1. The molecule has 0 unspecified atom stereocenters. The number of hydrogen-bond donors (Lipinski definition) is 4. The average molecular weight is 262 g/mol. The molecule has 0 fully saturated rings. The van der Waals surface area contributed by atoms with Gasteiger partial charge in [0.15, 0.2) is 0 Å². The summed E-state index contributed by atoms with van der Waals surface area (Å²) in [6, 6.07) is 0. The van der Waals surface area contributed by atoms with Crippen LogP contribution in [-0.2, 0) is 13.2 Å². The summed E-state index contributed by atoms with van der Waals surface area (Å²) in [7, 11) is 0. The lowest BCUT2D eigenvalue weighted by atomic mass is 10.1. The summed E-state index contributed by atoms with van der Waals surface area (Å²) < 4.78 is 0. The van der Waals surface area contributed by atoms with E-state index < -0.39 is 0 Å². The Kier molecular flexibility index (Phi) is 3.71. The zero-order chi connectivity index (χ0) is 14.0. The van der Waals surface area contributed by atoms with Crippen molar-refractivity contribution in [2.45, 2.75) is 33.9 Å². The van der Waals surface area contributed by atoms with Gasteiger partial charge in [-0.15, -0.1) is 0 Å². The predicted octanol–water partition coefficient (Wildman–Crippen LogP) is 1.54. The van der Waals surface area contributed by atoms with Gasteiger partial charge in [-0.25, -0.2) is 0 Å². The van der Waals surface area contributed by atoms with Crippen LogP contribution in [0, 0.1) is 20.8 Å². The van der Waals surface area contributed by atoms with Crippen LogP contribution in [0.3, 0.4) is 0 Å². The summed E-state index contributed by atoms with van der Waals surface area (Å²) in [5.41, 5.74) is 4.55. The first kappa shape index (κ1) is 13.4. The van der Waals surface area contributed by atoms with Crippen LogP contribution < -0.4 is 5.32 Å². The van der Waals surface area contributed by atoms with E-state index in [1.165, 1.54) is 0 Å². The Morgan fingerprint density at radius 3 is 2.58 bits per heavy atom. The number of anilines is 1. The van der Waals surface area contributed by atoms with E-state index >= 15 is 0 Å². The van der Waals surface area contributed by atoms with Gasteiger partial charge < -0.3 is 15.5 Å². The maximum Gasteiger partial charge on any atom is 0.142 e. The minimum atomic E-state index is -0.152. The smallest absolute Gasteiger partial charge is 0.142 e. The van der Waals surface area contributed by atoms with Crippen molar-refractivity contribution in [2.24, 2.45) is 0 Å². The number of aryl methyl sites for hydroxylation is 3. The fourth-order valence-corrected chi connectivity index (χ4v) is 2.01. The molecule has 2 rings (SSSR count). The second kappa shape index (κ2) is 5.27. The van der Waals surface area contributed by atoms with E-state index in [-0.39, 0.29) is 12.4 Å². The monoisotopic (exact) mass is 262 g/mol. The van der Waals surface area contributed by atoms with E-state index in [0.717, 1.165) is 17.1 Å². The molecule has 0 aliphatic heterocycles. The van der Waals surface area contributed by atoms with Gasteiger partial charge in [0, 0.05) is 23.9 Å². The zero-order valence-electron chi connectivity index (χ0n) is 11.3. The number of aromatic nitrogens is 3. The van der Waals surface area contributed by atoms with Crippen molar-refractivity contribution in [3.8, 4) is 5.75 Å². The average Bonchev–Trinajstić information content (AvgIpc) is 2.71. The molecule has 0 aliphatic carbocycles. The topological polar surface area (TPSA) is 94.1 Å². The van der Waals surface area contributed by atoms with Gasteiger partial charge in [-0.1, -0.05) is 0 Å². The lowest BCUT2D eigenvalue weighted by Crippen LogP contribution is -2.06. The van der Waals surface area contributed by atoms with Crippen LogP contribution in [0.4, 0.5) is 5.69 Å². The molecular weight excluding hydrogens is 244 g/mol. The number of rotatable bonds is 4. The van der Waals surface area contributed by atoms with E-state index in [1.54, 1.807) is 13.1 Å². The summed E-state index contributed by atoms with van der Waals surface area (Å²) in [6.07, 6.45) is 1.58. The fraction of sp³-hybridized carbons (Fsp3) is 0.385. The molecule has 2 aromatic rings. The Labute approximate surface area is 111 Å².